The average molecular weight is 397 g/mol. The Bertz CT molecular complexity index is 766. The molecule has 2 heterocycles. The Kier molecular flexibility index (Phi) is 6.39. The number of hydrogen-bond donors (Lipinski definition) is 1. The van der Waals surface area contributed by atoms with Crippen LogP contribution in [0.1, 0.15) is 31.2 Å². The van der Waals surface area contributed by atoms with Gasteiger partial charge in [-0.05, 0) is 56.4 Å². The predicted molar refractivity (Wildman–Crippen MR) is 101 cm³/mol. The summed E-state index contributed by atoms with van der Waals surface area (Å²) < 4.78 is 37.9. The number of nitrogens with one attached hydrogen (secondary N) is 1. The van der Waals surface area contributed by atoms with E-state index in [-0.39, 0.29) is 22.8 Å². The highest BCUT2D eigenvalue weighted by atomic mass is 32.2. The van der Waals surface area contributed by atoms with E-state index < -0.39 is 10.0 Å². The van der Waals surface area contributed by atoms with Crippen LogP contribution in [0, 0.1) is 12.8 Å². The highest BCUT2D eigenvalue weighted by molar-refractivity contribution is 7.89. The molecular weight excluding hydrogens is 368 g/mol. The van der Waals surface area contributed by atoms with E-state index in [1.165, 1.54) is 4.31 Å². The fourth-order valence-electron chi connectivity index (χ4n) is 3.68. The van der Waals surface area contributed by atoms with E-state index in [2.05, 4.69) is 5.32 Å². The van der Waals surface area contributed by atoms with Gasteiger partial charge < -0.3 is 14.8 Å². The van der Waals surface area contributed by atoms with E-state index >= 15 is 0 Å². The maximum atomic E-state index is 12.9. The van der Waals surface area contributed by atoms with Gasteiger partial charge in [-0.3, -0.25) is 4.79 Å². The van der Waals surface area contributed by atoms with Crippen molar-refractivity contribution in [2.24, 2.45) is 5.92 Å². The van der Waals surface area contributed by atoms with Crippen molar-refractivity contribution < 1.29 is 22.7 Å². The van der Waals surface area contributed by atoms with Crippen LogP contribution in [0.4, 0.5) is 0 Å². The number of aryl methyl sites for hydroxylation is 1. The Morgan fingerprint density at radius 2 is 2.04 bits per heavy atom. The van der Waals surface area contributed by atoms with Crippen molar-refractivity contribution in [3.05, 3.63) is 23.8 Å². The Morgan fingerprint density at radius 1 is 1.30 bits per heavy atom. The van der Waals surface area contributed by atoms with Gasteiger partial charge in [0.2, 0.25) is 15.9 Å². The summed E-state index contributed by atoms with van der Waals surface area (Å²) in [5.41, 5.74) is 0.780. The molecule has 150 valence electrons. The maximum absolute atomic E-state index is 12.9. The van der Waals surface area contributed by atoms with Gasteiger partial charge in [-0.25, -0.2) is 8.42 Å². The zero-order valence-electron chi connectivity index (χ0n) is 15.9. The minimum Gasteiger partial charge on any atom is -0.496 e. The van der Waals surface area contributed by atoms with Gasteiger partial charge in [0.1, 0.15) is 5.75 Å². The Morgan fingerprint density at radius 3 is 2.63 bits per heavy atom. The third kappa shape index (κ3) is 4.62. The molecule has 8 heteroatoms. The van der Waals surface area contributed by atoms with Gasteiger partial charge in [0, 0.05) is 32.2 Å². The van der Waals surface area contributed by atoms with Crippen molar-refractivity contribution in [2.45, 2.75) is 43.6 Å². The monoisotopic (exact) mass is 396 g/mol. The van der Waals surface area contributed by atoms with Crippen LogP contribution in [0.25, 0.3) is 0 Å². The van der Waals surface area contributed by atoms with Crippen molar-refractivity contribution in [3.63, 3.8) is 0 Å². The number of piperidine rings is 1. The summed E-state index contributed by atoms with van der Waals surface area (Å²) in [5.74, 6) is 0.522. The number of nitrogens with zero attached hydrogens (tertiary/aromatic N) is 1. The molecule has 0 aromatic heterocycles. The van der Waals surface area contributed by atoms with Crippen molar-refractivity contribution in [2.75, 3.05) is 33.4 Å². The lowest BCUT2D eigenvalue weighted by Gasteiger charge is -2.30. The van der Waals surface area contributed by atoms with E-state index in [1.807, 2.05) is 6.92 Å². The highest BCUT2D eigenvalue weighted by Crippen LogP contribution is 2.27. The number of hydrogen-bond acceptors (Lipinski definition) is 5. The highest BCUT2D eigenvalue weighted by Gasteiger charge is 2.32. The standard InChI is InChI=1S/C19H28N2O5S/c1-14-12-17(5-6-18(14)25-2)27(23,24)21-9-7-15(8-10-21)19(22)20-13-16-4-3-11-26-16/h5-6,12,15-16H,3-4,7-11,13H2,1-2H3,(H,20,22)/t16-/m1/s1. The van der Waals surface area contributed by atoms with E-state index in [9.17, 15) is 13.2 Å². The zero-order valence-corrected chi connectivity index (χ0v) is 16.8. The molecule has 1 amide bonds. The Labute approximate surface area is 161 Å². The molecule has 0 unspecified atom stereocenters. The van der Waals surface area contributed by atoms with Crippen LogP contribution < -0.4 is 10.1 Å². The summed E-state index contributed by atoms with van der Waals surface area (Å²) in [7, 11) is -2.00. The molecule has 0 spiro atoms. The molecular formula is C19H28N2O5S. The third-order valence-electron chi connectivity index (χ3n) is 5.36. The first-order valence-electron chi connectivity index (χ1n) is 9.46. The second-order valence-corrected chi connectivity index (χ2v) is 9.13. The molecule has 2 aliphatic heterocycles. The summed E-state index contributed by atoms with van der Waals surface area (Å²) >= 11 is 0. The van der Waals surface area contributed by atoms with Gasteiger partial charge in [-0.2, -0.15) is 4.31 Å². The van der Waals surface area contributed by atoms with E-state index in [0.29, 0.717) is 38.2 Å². The minimum absolute atomic E-state index is 0.00263. The normalized spacial score (nSPS) is 21.9. The van der Waals surface area contributed by atoms with Crippen molar-refractivity contribution >= 4 is 15.9 Å². The van der Waals surface area contributed by atoms with Gasteiger partial charge in [0.15, 0.2) is 0 Å². The summed E-state index contributed by atoms with van der Waals surface area (Å²) in [5, 5.41) is 2.95. The zero-order chi connectivity index (χ0) is 19.4. The first kappa shape index (κ1) is 20.1. The molecule has 0 aliphatic carbocycles. The molecule has 2 fully saturated rings. The molecule has 7 nitrogen and oxygen atoms in total. The summed E-state index contributed by atoms with van der Waals surface area (Å²) in [6, 6.07) is 4.88. The van der Waals surface area contributed by atoms with Crippen molar-refractivity contribution in [1.82, 2.24) is 9.62 Å². The second kappa shape index (κ2) is 8.58. The van der Waals surface area contributed by atoms with E-state index in [1.54, 1.807) is 25.3 Å². The molecule has 3 rings (SSSR count). The van der Waals surface area contributed by atoms with Gasteiger partial charge in [0.25, 0.3) is 0 Å². The molecule has 2 aliphatic rings. The molecule has 1 aromatic carbocycles. The van der Waals surface area contributed by atoms with Crippen LogP contribution >= 0.6 is 0 Å². The summed E-state index contributed by atoms with van der Waals surface area (Å²) in [4.78, 5) is 12.6. The number of sulfonamides is 1. The van der Waals surface area contributed by atoms with Crippen LogP contribution in [-0.2, 0) is 19.6 Å². The Balaban J connectivity index is 1.56. The SMILES string of the molecule is COc1ccc(S(=O)(=O)N2CCC(C(=O)NC[C@H]3CCCO3)CC2)cc1C. The summed E-state index contributed by atoms with van der Waals surface area (Å²) in [6.07, 6.45) is 3.21. The third-order valence-corrected chi connectivity index (χ3v) is 7.25. The topological polar surface area (TPSA) is 84.9 Å². The molecule has 0 saturated carbocycles. The fourth-order valence-corrected chi connectivity index (χ4v) is 5.24. The predicted octanol–water partition coefficient (Wildman–Crippen LogP) is 1.70. The number of carbonyl (C=O) groups is 1. The lowest BCUT2D eigenvalue weighted by Crippen LogP contribution is -2.44. The van der Waals surface area contributed by atoms with Crippen LogP contribution in [0.2, 0.25) is 0 Å². The Hall–Kier alpha value is -1.64. The molecule has 1 aromatic rings. The molecule has 27 heavy (non-hydrogen) atoms. The van der Waals surface area contributed by atoms with Crippen molar-refractivity contribution in [1.29, 1.82) is 0 Å². The lowest BCUT2D eigenvalue weighted by molar-refractivity contribution is -0.126. The number of methoxy groups -OCH3 is 1. The minimum atomic E-state index is -3.56. The van der Waals surface area contributed by atoms with E-state index in [4.69, 9.17) is 9.47 Å². The average Bonchev–Trinajstić information content (AvgIpc) is 3.19. The molecule has 1 atom stereocenters. The number of ether oxygens (including phenoxy) is 2. The lowest BCUT2D eigenvalue weighted by atomic mass is 9.97. The molecule has 0 bridgehead atoms. The smallest absolute Gasteiger partial charge is 0.243 e. The van der Waals surface area contributed by atoms with Crippen LogP contribution in [0.15, 0.2) is 23.1 Å². The fraction of sp³-hybridized carbons (Fsp3) is 0.632. The van der Waals surface area contributed by atoms with Gasteiger partial charge in [-0.15, -0.1) is 0 Å². The number of benzene rings is 1. The van der Waals surface area contributed by atoms with Crippen LogP contribution in [0.3, 0.4) is 0 Å². The number of rotatable bonds is 6. The summed E-state index contributed by atoms with van der Waals surface area (Å²) in [6.45, 7) is 3.84. The first-order chi connectivity index (χ1) is 12.9. The maximum Gasteiger partial charge on any atom is 0.243 e. The number of carbonyl (C=O) groups excluding carboxylic acids is 1. The van der Waals surface area contributed by atoms with Crippen molar-refractivity contribution in [3.8, 4) is 5.75 Å². The van der Waals surface area contributed by atoms with E-state index in [0.717, 1.165) is 25.0 Å². The van der Waals surface area contributed by atoms with Gasteiger partial charge in [-0.1, -0.05) is 0 Å². The first-order valence-corrected chi connectivity index (χ1v) is 10.9. The van der Waals surface area contributed by atoms with Crippen LogP contribution in [0.5, 0.6) is 5.75 Å². The van der Waals surface area contributed by atoms with Crippen LogP contribution in [-0.4, -0.2) is 58.1 Å². The second-order valence-electron chi connectivity index (χ2n) is 7.19. The quantitative estimate of drug-likeness (QED) is 0.791. The molecule has 2 saturated heterocycles. The number of amides is 1. The molecule has 0 radical (unpaired) electrons. The molecule has 1 N–H and O–H groups in total. The van der Waals surface area contributed by atoms with Gasteiger partial charge >= 0.3 is 0 Å². The largest absolute Gasteiger partial charge is 0.496 e. The van der Waals surface area contributed by atoms with Gasteiger partial charge in [0.05, 0.1) is 18.1 Å².